The van der Waals surface area contributed by atoms with Crippen LogP contribution in [0.25, 0.3) is 0 Å². The summed E-state index contributed by atoms with van der Waals surface area (Å²) in [5.74, 6) is -3.65. The average Bonchev–Trinajstić information content (AvgIpc) is 2.34. The van der Waals surface area contributed by atoms with E-state index < -0.39 is 30.1 Å². The highest BCUT2D eigenvalue weighted by molar-refractivity contribution is 5.78. The van der Waals surface area contributed by atoms with Gasteiger partial charge in [0.05, 0.1) is 13.0 Å². The number of carboxylic acids is 1. The normalized spacial score (nSPS) is 10.2. The first-order chi connectivity index (χ1) is 9.00. The van der Waals surface area contributed by atoms with Gasteiger partial charge in [-0.3, -0.25) is 4.79 Å². The molecule has 0 aliphatic rings. The number of carbonyl (C=O) groups is 2. The number of aliphatic carboxylic acids is 1. The van der Waals surface area contributed by atoms with E-state index in [1.807, 2.05) is 0 Å². The third kappa shape index (κ3) is 5.43. The van der Waals surface area contributed by atoms with Gasteiger partial charge in [-0.15, -0.1) is 0 Å². The van der Waals surface area contributed by atoms with E-state index in [2.05, 4.69) is 5.32 Å². The zero-order valence-electron chi connectivity index (χ0n) is 9.99. The van der Waals surface area contributed by atoms with Gasteiger partial charge in [0.2, 0.25) is 5.91 Å². The lowest BCUT2D eigenvalue weighted by atomic mass is 10.1. The first kappa shape index (κ1) is 15.0. The second kappa shape index (κ2) is 7.42. The standard InChI is InChI=1S/C12H13F2NO4/c13-9-3-1-2-8(12(9)14)6-10(16)15-4-5-19-7-11(17)18/h1-3H,4-7H2,(H,15,16)(H,17,18). The molecule has 0 saturated heterocycles. The molecule has 1 aromatic rings. The molecule has 0 atom stereocenters. The van der Waals surface area contributed by atoms with Gasteiger partial charge in [0.15, 0.2) is 11.6 Å². The summed E-state index contributed by atoms with van der Waals surface area (Å²) in [5.41, 5.74) is -0.0380. The minimum atomic E-state index is -1.10. The Bertz CT molecular complexity index is 465. The Balaban J connectivity index is 2.31. The van der Waals surface area contributed by atoms with Crippen molar-refractivity contribution < 1.29 is 28.2 Å². The van der Waals surface area contributed by atoms with Gasteiger partial charge in [0, 0.05) is 12.1 Å². The van der Waals surface area contributed by atoms with E-state index in [4.69, 9.17) is 9.84 Å². The smallest absolute Gasteiger partial charge is 0.329 e. The van der Waals surface area contributed by atoms with Gasteiger partial charge < -0.3 is 15.2 Å². The van der Waals surface area contributed by atoms with E-state index in [1.165, 1.54) is 12.1 Å². The van der Waals surface area contributed by atoms with Crippen molar-refractivity contribution in [3.8, 4) is 0 Å². The molecule has 0 bridgehead atoms. The van der Waals surface area contributed by atoms with Crippen LogP contribution < -0.4 is 5.32 Å². The van der Waals surface area contributed by atoms with Crippen LogP contribution in [0.1, 0.15) is 5.56 Å². The third-order valence-corrected chi connectivity index (χ3v) is 2.18. The van der Waals surface area contributed by atoms with Crippen LogP contribution in [0, 0.1) is 11.6 Å². The molecule has 7 heteroatoms. The van der Waals surface area contributed by atoms with E-state index in [0.717, 1.165) is 6.07 Å². The monoisotopic (exact) mass is 273 g/mol. The molecule has 1 amide bonds. The number of halogens is 2. The molecule has 0 fully saturated rings. The van der Waals surface area contributed by atoms with Crippen LogP contribution in [0.3, 0.4) is 0 Å². The first-order valence-corrected chi connectivity index (χ1v) is 5.50. The van der Waals surface area contributed by atoms with Crippen molar-refractivity contribution in [2.45, 2.75) is 6.42 Å². The molecule has 19 heavy (non-hydrogen) atoms. The van der Waals surface area contributed by atoms with Crippen LogP contribution in [0.5, 0.6) is 0 Å². The first-order valence-electron chi connectivity index (χ1n) is 5.50. The zero-order valence-corrected chi connectivity index (χ0v) is 9.99. The van der Waals surface area contributed by atoms with Gasteiger partial charge >= 0.3 is 5.97 Å². The number of carbonyl (C=O) groups excluding carboxylic acids is 1. The van der Waals surface area contributed by atoms with Gasteiger partial charge in [0.25, 0.3) is 0 Å². The molecular formula is C12H13F2NO4. The maximum absolute atomic E-state index is 13.2. The number of hydrogen-bond donors (Lipinski definition) is 2. The average molecular weight is 273 g/mol. The van der Waals surface area contributed by atoms with Crippen LogP contribution in [0.15, 0.2) is 18.2 Å². The molecule has 0 unspecified atom stereocenters. The van der Waals surface area contributed by atoms with Crippen molar-refractivity contribution in [3.63, 3.8) is 0 Å². The quantitative estimate of drug-likeness (QED) is 0.718. The maximum Gasteiger partial charge on any atom is 0.329 e. The van der Waals surface area contributed by atoms with Crippen LogP contribution >= 0.6 is 0 Å². The van der Waals surface area contributed by atoms with Crippen LogP contribution in [-0.4, -0.2) is 36.7 Å². The molecule has 1 rings (SSSR count). The highest BCUT2D eigenvalue weighted by atomic mass is 19.2. The molecule has 0 aromatic heterocycles. The Hall–Kier alpha value is -2.02. The second-order valence-corrected chi connectivity index (χ2v) is 3.69. The third-order valence-electron chi connectivity index (χ3n) is 2.18. The summed E-state index contributed by atoms with van der Waals surface area (Å²) >= 11 is 0. The minimum Gasteiger partial charge on any atom is -0.480 e. The van der Waals surface area contributed by atoms with E-state index in [9.17, 15) is 18.4 Å². The minimum absolute atomic E-state index is 0.0314. The lowest BCUT2D eigenvalue weighted by Crippen LogP contribution is -2.29. The van der Waals surface area contributed by atoms with Crippen molar-refractivity contribution in [1.82, 2.24) is 5.32 Å². The topological polar surface area (TPSA) is 75.6 Å². The fourth-order valence-electron chi connectivity index (χ4n) is 1.34. The molecule has 0 radical (unpaired) electrons. The Labute approximate surface area is 108 Å². The molecule has 0 heterocycles. The zero-order chi connectivity index (χ0) is 14.3. The van der Waals surface area contributed by atoms with Crippen molar-refractivity contribution in [1.29, 1.82) is 0 Å². The van der Waals surface area contributed by atoms with E-state index in [1.54, 1.807) is 0 Å². The summed E-state index contributed by atoms with van der Waals surface area (Å²) in [5, 5.41) is 10.7. The highest BCUT2D eigenvalue weighted by Gasteiger charge is 2.11. The molecule has 0 saturated carbocycles. The van der Waals surface area contributed by atoms with E-state index in [0.29, 0.717) is 0 Å². The summed E-state index contributed by atoms with van der Waals surface area (Å²) in [4.78, 5) is 21.5. The van der Waals surface area contributed by atoms with Crippen LogP contribution in [-0.2, 0) is 20.7 Å². The number of carboxylic acid groups (broad SMARTS) is 1. The Morgan fingerprint density at radius 1 is 1.32 bits per heavy atom. The largest absolute Gasteiger partial charge is 0.480 e. The number of rotatable bonds is 7. The molecule has 104 valence electrons. The fourth-order valence-corrected chi connectivity index (χ4v) is 1.34. The van der Waals surface area contributed by atoms with Gasteiger partial charge in [-0.25, -0.2) is 13.6 Å². The van der Waals surface area contributed by atoms with Gasteiger partial charge in [0.1, 0.15) is 6.61 Å². The van der Waals surface area contributed by atoms with Crippen LogP contribution in [0.4, 0.5) is 8.78 Å². The van der Waals surface area contributed by atoms with Crippen molar-refractivity contribution >= 4 is 11.9 Å². The Kier molecular flexibility index (Phi) is 5.87. The second-order valence-electron chi connectivity index (χ2n) is 3.69. The molecule has 1 aromatic carbocycles. The maximum atomic E-state index is 13.2. The molecule has 0 spiro atoms. The lowest BCUT2D eigenvalue weighted by Gasteiger charge is -2.06. The van der Waals surface area contributed by atoms with Gasteiger partial charge in [-0.05, 0) is 6.07 Å². The van der Waals surface area contributed by atoms with E-state index >= 15 is 0 Å². The van der Waals surface area contributed by atoms with Crippen LogP contribution in [0.2, 0.25) is 0 Å². The summed E-state index contributed by atoms with van der Waals surface area (Å²) in [6.45, 7) is -0.318. The predicted octanol–water partition coefficient (Wildman–Crippen LogP) is 0.725. The van der Waals surface area contributed by atoms with Crippen molar-refractivity contribution in [2.24, 2.45) is 0 Å². The fraction of sp³-hybridized carbons (Fsp3) is 0.333. The number of ether oxygens (including phenoxy) is 1. The molecular weight excluding hydrogens is 260 g/mol. The summed E-state index contributed by atoms with van der Waals surface area (Å²) < 4.78 is 30.8. The Morgan fingerprint density at radius 3 is 2.74 bits per heavy atom. The number of nitrogens with one attached hydrogen (secondary N) is 1. The Morgan fingerprint density at radius 2 is 2.05 bits per heavy atom. The number of benzene rings is 1. The summed E-state index contributed by atoms with van der Waals surface area (Å²) in [6, 6.07) is 3.60. The van der Waals surface area contributed by atoms with E-state index in [-0.39, 0.29) is 25.1 Å². The molecule has 5 nitrogen and oxygen atoms in total. The summed E-state index contributed by atoms with van der Waals surface area (Å²) in [7, 11) is 0. The molecule has 0 aliphatic carbocycles. The van der Waals surface area contributed by atoms with Crippen molar-refractivity contribution in [2.75, 3.05) is 19.8 Å². The van der Waals surface area contributed by atoms with Gasteiger partial charge in [-0.2, -0.15) is 0 Å². The van der Waals surface area contributed by atoms with Gasteiger partial charge in [-0.1, -0.05) is 12.1 Å². The SMILES string of the molecule is O=C(O)COCCNC(=O)Cc1cccc(F)c1F. The molecule has 2 N–H and O–H groups in total. The molecule has 0 aliphatic heterocycles. The summed E-state index contributed by atoms with van der Waals surface area (Å²) in [6.07, 6.45) is -0.289. The number of amides is 1. The highest BCUT2D eigenvalue weighted by Crippen LogP contribution is 2.11. The predicted molar refractivity (Wildman–Crippen MR) is 61.5 cm³/mol. The lowest BCUT2D eigenvalue weighted by molar-refractivity contribution is -0.142. The number of hydrogen-bond acceptors (Lipinski definition) is 3. The van der Waals surface area contributed by atoms with Crippen molar-refractivity contribution in [3.05, 3.63) is 35.4 Å².